The number of non-ortho nitro benzene ring substituents is 1. The maximum atomic E-state index is 12.9. The summed E-state index contributed by atoms with van der Waals surface area (Å²) in [6, 6.07) is 18.1. The van der Waals surface area contributed by atoms with Crippen molar-refractivity contribution in [2.45, 2.75) is 12.8 Å². The van der Waals surface area contributed by atoms with E-state index in [9.17, 15) is 20.2 Å². The Morgan fingerprint density at radius 1 is 1.17 bits per heavy atom. The predicted molar refractivity (Wildman–Crippen MR) is 132 cm³/mol. The standard InChI is InChI=1S/C26H16BrN3O6/c1-13-19-10-15(27)4-9-21(19)35-24(13)26(31)34-17-7-8-18-22(11-17)36-25(29)20(12-28)23(18)14-2-5-16(6-3-14)30(32)33/h2-11,23H,29H2,1H3. The van der Waals surface area contributed by atoms with E-state index in [0.717, 1.165) is 9.86 Å². The van der Waals surface area contributed by atoms with Crippen molar-refractivity contribution >= 4 is 38.6 Å². The van der Waals surface area contributed by atoms with Crippen molar-refractivity contribution < 1.29 is 23.6 Å². The number of benzene rings is 3. The van der Waals surface area contributed by atoms with E-state index in [-0.39, 0.29) is 28.7 Å². The van der Waals surface area contributed by atoms with Crippen molar-refractivity contribution in [3.8, 4) is 17.6 Å². The molecule has 0 saturated carbocycles. The van der Waals surface area contributed by atoms with Gasteiger partial charge < -0.3 is 19.6 Å². The minimum atomic E-state index is -0.677. The summed E-state index contributed by atoms with van der Waals surface area (Å²) in [7, 11) is 0. The lowest BCUT2D eigenvalue weighted by molar-refractivity contribution is -0.384. The lowest BCUT2D eigenvalue weighted by atomic mass is 9.83. The Morgan fingerprint density at radius 2 is 1.92 bits per heavy atom. The van der Waals surface area contributed by atoms with Gasteiger partial charge in [-0.25, -0.2) is 4.79 Å². The molecule has 9 nitrogen and oxygen atoms in total. The van der Waals surface area contributed by atoms with Crippen LogP contribution < -0.4 is 15.2 Å². The van der Waals surface area contributed by atoms with E-state index in [1.165, 1.54) is 18.2 Å². The second kappa shape index (κ2) is 8.87. The first-order chi connectivity index (χ1) is 17.3. The van der Waals surface area contributed by atoms with Crippen LogP contribution in [0.1, 0.15) is 33.2 Å². The fourth-order valence-electron chi connectivity index (χ4n) is 4.17. The molecule has 3 aromatic carbocycles. The Labute approximate surface area is 212 Å². The molecular formula is C26H16BrN3O6. The fraction of sp³-hybridized carbons (Fsp3) is 0.0769. The molecule has 36 heavy (non-hydrogen) atoms. The number of carbonyl (C=O) groups excluding carboxylic acids is 1. The molecule has 0 spiro atoms. The molecule has 1 atom stereocenters. The summed E-state index contributed by atoms with van der Waals surface area (Å²) < 4.78 is 17.8. The molecule has 5 rings (SSSR count). The molecule has 0 aliphatic carbocycles. The molecule has 178 valence electrons. The van der Waals surface area contributed by atoms with Crippen molar-refractivity contribution in [3.63, 3.8) is 0 Å². The molecule has 1 aliphatic rings. The van der Waals surface area contributed by atoms with E-state index in [2.05, 4.69) is 22.0 Å². The van der Waals surface area contributed by atoms with E-state index in [1.54, 1.807) is 37.3 Å². The van der Waals surface area contributed by atoms with Gasteiger partial charge in [-0.3, -0.25) is 10.1 Å². The topological polar surface area (TPSA) is 142 Å². The number of fused-ring (bicyclic) bond motifs is 2. The molecule has 10 heteroatoms. The Kier molecular flexibility index (Phi) is 5.70. The third kappa shape index (κ3) is 3.95. The molecule has 4 aromatic rings. The van der Waals surface area contributed by atoms with Gasteiger partial charge in [0.25, 0.3) is 5.69 Å². The summed E-state index contributed by atoms with van der Waals surface area (Å²) in [5.41, 5.74) is 8.55. The minimum Gasteiger partial charge on any atom is -0.449 e. The van der Waals surface area contributed by atoms with E-state index in [1.807, 2.05) is 12.1 Å². The monoisotopic (exact) mass is 545 g/mol. The summed E-state index contributed by atoms with van der Waals surface area (Å²) in [4.78, 5) is 23.4. The number of allylic oxidation sites excluding steroid dienone is 1. The first kappa shape index (κ1) is 23.1. The molecule has 0 fully saturated rings. The van der Waals surface area contributed by atoms with Gasteiger partial charge in [-0.05, 0) is 36.8 Å². The number of rotatable bonds is 4. The van der Waals surface area contributed by atoms with Crippen LogP contribution in [0.25, 0.3) is 11.0 Å². The van der Waals surface area contributed by atoms with Crippen LogP contribution in [0, 0.1) is 28.4 Å². The van der Waals surface area contributed by atoms with Gasteiger partial charge in [0.1, 0.15) is 28.7 Å². The number of aryl methyl sites for hydroxylation is 1. The quantitative estimate of drug-likeness (QED) is 0.145. The van der Waals surface area contributed by atoms with Crippen molar-refractivity contribution in [3.05, 3.63) is 109 Å². The zero-order valence-electron chi connectivity index (χ0n) is 18.7. The maximum Gasteiger partial charge on any atom is 0.379 e. The fourth-order valence-corrected chi connectivity index (χ4v) is 4.53. The van der Waals surface area contributed by atoms with Crippen molar-refractivity contribution in [2.24, 2.45) is 5.73 Å². The molecule has 0 amide bonds. The highest BCUT2D eigenvalue weighted by atomic mass is 79.9. The summed E-state index contributed by atoms with van der Waals surface area (Å²) in [6.07, 6.45) is 0. The van der Waals surface area contributed by atoms with Crippen LogP contribution in [0.5, 0.6) is 11.5 Å². The normalized spacial score (nSPS) is 14.6. The number of nitrogens with zero attached hydrogens (tertiary/aromatic N) is 2. The number of halogens is 1. The Morgan fingerprint density at radius 3 is 2.61 bits per heavy atom. The lowest BCUT2D eigenvalue weighted by Gasteiger charge is -2.26. The maximum absolute atomic E-state index is 12.9. The number of nitro benzene ring substituents is 1. The molecule has 0 saturated heterocycles. The lowest BCUT2D eigenvalue weighted by Crippen LogP contribution is -2.21. The number of nitro groups is 1. The molecule has 2 N–H and O–H groups in total. The van der Waals surface area contributed by atoms with Crippen molar-refractivity contribution in [1.29, 1.82) is 5.26 Å². The minimum absolute atomic E-state index is 0.0722. The molecule has 1 aromatic heterocycles. The second-order valence-electron chi connectivity index (χ2n) is 8.06. The van der Waals surface area contributed by atoms with Gasteiger partial charge in [0.05, 0.1) is 10.8 Å². The van der Waals surface area contributed by atoms with Gasteiger partial charge in [-0.15, -0.1) is 0 Å². The summed E-state index contributed by atoms with van der Waals surface area (Å²) in [6.45, 7) is 1.77. The molecular weight excluding hydrogens is 530 g/mol. The number of esters is 1. The van der Waals surface area contributed by atoms with Crippen LogP contribution >= 0.6 is 15.9 Å². The Hall–Kier alpha value is -4.62. The van der Waals surface area contributed by atoms with Crippen LogP contribution in [0.4, 0.5) is 5.69 Å². The van der Waals surface area contributed by atoms with Gasteiger partial charge >= 0.3 is 5.97 Å². The predicted octanol–water partition coefficient (Wildman–Crippen LogP) is 5.85. The van der Waals surface area contributed by atoms with E-state index < -0.39 is 16.8 Å². The summed E-state index contributed by atoms with van der Waals surface area (Å²) in [5, 5.41) is 21.5. The number of nitrogens with two attached hydrogens (primary N) is 1. The van der Waals surface area contributed by atoms with E-state index >= 15 is 0 Å². The van der Waals surface area contributed by atoms with Crippen molar-refractivity contribution in [1.82, 2.24) is 0 Å². The van der Waals surface area contributed by atoms with Gasteiger partial charge in [-0.2, -0.15) is 5.26 Å². The first-order valence-corrected chi connectivity index (χ1v) is 11.4. The average Bonchev–Trinajstić information content (AvgIpc) is 3.19. The zero-order valence-corrected chi connectivity index (χ0v) is 20.2. The summed E-state index contributed by atoms with van der Waals surface area (Å²) in [5.74, 6) is -0.822. The third-order valence-corrected chi connectivity index (χ3v) is 6.42. The molecule has 1 unspecified atom stereocenters. The summed E-state index contributed by atoms with van der Waals surface area (Å²) >= 11 is 3.41. The number of nitriles is 1. The molecule has 2 heterocycles. The first-order valence-electron chi connectivity index (χ1n) is 10.6. The van der Waals surface area contributed by atoms with Crippen molar-refractivity contribution in [2.75, 3.05) is 0 Å². The van der Waals surface area contributed by atoms with Crippen LogP contribution in [0.3, 0.4) is 0 Å². The number of hydrogen-bond donors (Lipinski definition) is 1. The van der Waals surface area contributed by atoms with Gasteiger partial charge in [0, 0.05) is 39.2 Å². The van der Waals surface area contributed by atoms with Gasteiger partial charge in [0.2, 0.25) is 11.6 Å². The smallest absolute Gasteiger partial charge is 0.379 e. The highest BCUT2D eigenvalue weighted by molar-refractivity contribution is 9.10. The number of ether oxygens (including phenoxy) is 2. The van der Waals surface area contributed by atoms with E-state index in [4.69, 9.17) is 19.6 Å². The van der Waals surface area contributed by atoms with Gasteiger partial charge in [-0.1, -0.05) is 34.1 Å². The van der Waals surface area contributed by atoms with E-state index in [0.29, 0.717) is 28.0 Å². The highest BCUT2D eigenvalue weighted by Crippen LogP contribution is 2.43. The van der Waals surface area contributed by atoms with Crippen LogP contribution in [0.15, 0.2) is 81.0 Å². The largest absolute Gasteiger partial charge is 0.449 e. The van der Waals surface area contributed by atoms with Crippen LogP contribution in [0.2, 0.25) is 0 Å². The third-order valence-electron chi connectivity index (χ3n) is 5.92. The SMILES string of the molecule is Cc1c(C(=O)Oc2ccc3c(c2)OC(N)=C(C#N)C3c2ccc([N+](=O)[O-])cc2)oc2ccc(Br)cc12. The molecule has 1 aliphatic heterocycles. The Balaban J connectivity index is 1.48. The van der Waals surface area contributed by atoms with Crippen LogP contribution in [-0.2, 0) is 0 Å². The van der Waals surface area contributed by atoms with Gasteiger partial charge in [0.15, 0.2) is 0 Å². The number of hydrogen-bond acceptors (Lipinski definition) is 8. The number of furan rings is 1. The average molecular weight is 546 g/mol. The molecule has 0 bridgehead atoms. The zero-order chi connectivity index (χ0) is 25.6. The molecule has 0 radical (unpaired) electrons. The van der Waals surface area contributed by atoms with Crippen LogP contribution in [-0.4, -0.2) is 10.9 Å². The second-order valence-corrected chi connectivity index (χ2v) is 8.97. The Bertz CT molecular complexity index is 1630. The highest BCUT2D eigenvalue weighted by Gasteiger charge is 2.31. The number of carbonyl (C=O) groups is 1.